The Bertz CT molecular complexity index is 952. The lowest BCUT2D eigenvalue weighted by molar-refractivity contribution is 0.102. The topological polar surface area (TPSA) is 54.5 Å². The molecule has 0 bridgehead atoms. The Labute approximate surface area is 159 Å². The van der Waals surface area contributed by atoms with Crippen LogP contribution in [0.15, 0.2) is 41.3 Å². The summed E-state index contributed by atoms with van der Waals surface area (Å²) in [5.41, 5.74) is 4.65. The molecule has 138 valence electrons. The Hall–Kier alpha value is -1.79. The summed E-state index contributed by atoms with van der Waals surface area (Å²) in [5, 5.41) is 0. The number of hydrogen-bond acceptors (Lipinski definition) is 4. The Kier molecular flexibility index (Phi) is 5.44. The van der Waals surface area contributed by atoms with Crippen LogP contribution in [-0.2, 0) is 16.4 Å². The van der Waals surface area contributed by atoms with E-state index in [4.69, 9.17) is 0 Å². The van der Waals surface area contributed by atoms with Gasteiger partial charge in [-0.2, -0.15) is 0 Å². The number of nitrogens with zero attached hydrogens (tertiary/aromatic N) is 1. The van der Waals surface area contributed by atoms with Crippen molar-refractivity contribution in [2.24, 2.45) is 0 Å². The van der Waals surface area contributed by atoms with Crippen LogP contribution in [0.4, 0.5) is 5.69 Å². The van der Waals surface area contributed by atoms with E-state index in [9.17, 15) is 13.2 Å². The predicted octanol–water partition coefficient (Wildman–Crippen LogP) is 3.99. The molecule has 0 saturated carbocycles. The molecule has 0 N–H and O–H groups in total. The number of carbonyl (C=O) groups is 1. The first-order chi connectivity index (χ1) is 12.3. The normalized spacial score (nSPS) is 13.7. The van der Waals surface area contributed by atoms with E-state index in [2.05, 4.69) is 18.2 Å². The fourth-order valence-electron chi connectivity index (χ4n) is 3.08. The molecule has 0 amide bonds. The van der Waals surface area contributed by atoms with Gasteiger partial charge >= 0.3 is 0 Å². The summed E-state index contributed by atoms with van der Waals surface area (Å²) in [5.74, 6) is 0.523. The molecule has 1 heterocycles. The van der Waals surface area contributed by atoms with Crippen LogP contribution < -0.4 is 4.31 Å². The number of Topliss-reactive ketones (excluding diaryl/α,β-unsaturated/α-hetero) is 1. The Morgan fingerprint density at radius 1 is 1.15 bits per heavy atom. The number of ketones is 1. The highest BCUT2D eigenvalue weighted by molar-refractivity contribution is 8.00. The highest BCUT2D eigenvalue weighted by Crippen LogP contribution is 2.32. The standard InChI is InChI=1S/C20H23NO3S2/c1-4-26(23,24)21-10-9-16-12-17(7-8-18(16)21)19(22)13-25-20-11-14(2)5-6-15(20)3/h5-8,11-12H,4,9-10,13H2,1-3H3. The third-order valence-corrected chi connectivity index (χ3v) is 7.60. The van der Waals surface area contributed by atoms with E-state index in [1.165, 1.54) is 15.4 Å². The maximum Gasteiger partial charge on any atom is 0.234 e. The number of anilines is 1. The molecular weight excluding hydrogens is 366 g/mol. The highest BCUT2D eigenvalue weighted by Gasteiger charge is 2.28. The Morgan fingerprint density at radius 3 is 2.65 bits per heavy atom. The molecule has 4 nitrogen and oxygen atoms in total. The molecule has 3 rings (SSSR count). The molecule has 0 fully saturated rings. The Morgan fingerprint density at radius 2 is 1.92 bits per heavy atom. The number of sulfonamides is 1. The Balaban J connectivity index is 1.75. The molecule has 1 aliphatic rings. The molecule has 26 heavy (non-hydrogen) atoms. The van der Waals surface area contributed by atoms with Crippen LogP contribution in [0.3, 0.4) is 0 Å². The van der Waals surface area contributed by atoms with E-state index in [1.54, 1.807) is 30.8 Å². The van der Waals surface area contributed by atoms with E-state index >= 15 is 0 Å². The summed E-state index contributed by atoms with van der Waals surface area (Å²) in [6.45, 7) is 6.20. The zero-order chi connectivity index (χ0) is 18.9. The van der Waals surface area contributed by atoms with Crippen molar-refractivity contribution in [2.75, 3.05) is 22.4 Å². The van der Waals surface area contributed by atoms with Crippen molar-refractivity contribution in [2.45, 2.75) is 32.1 Å². The molecule has 0 aromatic heterocycles. The van der Waals surface area contributed by atoms with Gasteiger partial charge in [0.05, 0.1) is 17.2 Å². The van der Waals surface area contributed by atoms with Crippen molar-refractivity contribution in [1.29, 1.82) is 0 Å². The second-order valence-electron chi connectivity index (χ2n) is 6.55. The first-order valence-electron chi connectivity index (χ1n) is 8.68. The van der Waals surface area contributed by atoms with Crippen LogP contribution in [0.1, 0.15) is 34.0 Å². The highest BCUT2D eigenvalue weighted by atomic mass is 32.2. The third kappa shape index (κ3) is 3.81. The number of thioether (sulfide) groups is 1. The van der Waals surface area contributed by atoms with Crippen molar-refractivity contribution >= 4 is 33.3 Å². The molecule has 0 unspecified atom stereocenters. The van der Waals surface area contributed by atoms with Gasteiger partial charge in [0.2, 0.25) is 10.0 Å². The number of rotatable bonds is 6. The van der Waals surface area contributed by atoms with Gasteiger partial charge in [-0.3, -0.25) is 9.10 Å². The van der Waals surface area contributed by atoms with Crippen molar-refractivity contribution < 1.29 is 13.2 Å². The van der Waals surface area contributed by atoms with Crippen LogP contribution in [0.2, 0.25) is 0 Å². The summed E-state index contributed by atoms with van der Waals surface area (Å²) in [4.78, 5) is 13.7. The van der Waals surface area contributed by atoms with E-state index in [0.717, 1.165) is 10.5 Å². The first-order valence-corrected chi connectivity index (χ1v) is 11.3. The number of hydrogen-bond donors (Lipinski definition) is 0. The molecule has 0 saturated heterocycles. The van der Waals surface area contributed by atoms with Gasteiger partial charge in [-0.15, -0.1) is 11.8 Å². The lowest BCUT2D eigenvalue weighted by Crippen LogP contribution is -2.30. The van der Waals surface area contributed by atoms with Crippen molar-refractivity contribution in [3.63, 3.8) is 0 Å². The van der Waals surface area contributed by atoms with Gasteiger partial charge in [0.15, 0.2) is 5.78 Å². The third-order valence-electron chi connectivity index (χ3n) is 4.66. The maximum atomic E-state index is 12.6. The monoisotopic (exact) mass is 389 g/mol. The summed E-state index contributed by atoms with van der Waals surface area (Å²) < 4.78 is 25.8. The number of aryl methyl sites for hydroxylation is 2. The van der Waals surface area contributed by atoms with E-state index in [-0.39, 0.29) is 11.5 Å². The lowest BCUT2D eigenvalue weighted by atomic mass is 10.1. The summed E-state index contributed by atoms with van der Waals surface area (Å²) in [6.07, 6.45) is 0.653. The van der Waals surface area contributed by atoms with Crippen LogP contribution >= 0.6 is 11.8 Å². The predicted molar refractivity (Wildman–Crippen MR) is 108 cm³/mol. The van der Waals surface area contributed by atoms with Crippen LogP contribution in [0, 0.1) is 13.8 Å². The number of fused-ring (bicyclic) bond motifs is 1. The van der Waals surface area contributed by atoms with Crippen molar-refractivity contribution in [3.8, 4) is 0 Å². The lowest BCUT2D eigenvalue weighted by Gasteiger charge is -2.18. The van der Waals surface area contributed by atoms with Gasteiger partial charge in [0.1, 0.15) is 0 Å². The number of benzene rings is 2. The fraction of sp³-hybridized carbons (Fsp3) is 0.350. The first kappa shape index (κ1) is 19.0. The summed E-state index contributed by atoms with van der Waals surface area (Å²) >= 11 is 1.55. The molecule has 0 spiro atoms. The molecular formula is C20H23NO3S2. The van der Waals surface area contributed by atoms with Gasteiger partial charge in [0.25, 0.3) is 0 Å². The van der Waals surface area contributed by atoms with Crippen LogP contribution in [0.5, 0.6) is 0 Å². The molecule has 0 radical (unpaired) electrons. The zero-order valence-electron chi connectivity index (χ0n) is 15.3. The quantitative estimate of drug-likeness (QED) is 0.554. The molecule has 2 aromatic rings. The second-order valence-corrected chi connectivity index (χ2v) is 9.75. The maximum absolute atomic E-state index is 12.6. The number of carbonyl (C=O) groups excluding carboxylic acids is 1. The van der Waals surface area contributed by atoms with Crippen molar-refractivity contribution in [3.05, 3.63) is 58.7 Å². The molecule has 2 aromatic carbocycles. The van der Waals surface area contributed by atoms with E-state index in [1.807, 2.05) is 19.9 Å². The molecule has 6 heteroatoms. The van der Waals surface area contributed by atoms with Crippen LogP contribution in [0.25, 0.3) is 0 Å². The largest absolute Gasteiger partial charge is 0.293 e. The van der Waals surface area contributed by atoms with Crippen LogP contribution in [-0.4, -0.2) is 32.3 Å². The van der Waals surface area contributed by atoms with Gasteiger partial charge in [-0.05, 0) is 62.6 Å². The van der Waals surface area contributed by atoms with E-state index < -0.39 is 10.0 Å². The molecule has 1 aliphatic heterocycles. The summed E-state index contributed by atoms with van der Waals surface area (Å²) in [7, 11) is -3.26. The average molecular weight is 390 g/mol. The van der Waals surface area contributed by atoms with Gasteiger partial charge in [-0.25, -0.2) is 8.42 Å². The SMILES string of the molecule is CCS(=O)(=O)N1CCc2cc(C(=O)CSc3cc(C)ccc3C)ccc21. The molecule has 0 atom stereocenters. The minimum absolute atomic E-state index is 0.0653. The second kappa shape index (κ2) is 7.45. The minimum Gasteiger partial charge on any atom is -0.293 e. The summed E-state index contributed by atoms with van der Waals surface area (Å²) in [6, 6.07) is 11.6. The van der Waals surface area contributed by atoms with Gasteiger partial charge < -0.3 is 0 Å². The van der Waals surface area contributed by atoms with Gasteiger partial charge in [0, 0.05) is 17.0 Å². The van der Waals surface area contributed by atoms with E-state index in [0.29, 0.717) is 30.0 Å². The smallest absolute Gasteiger partial charge is 0.234 e. The molecule has 0 aliphatic carbocycles. The van der Waals surface area contributed by atoms with Crippen molar-refractivity contribution in [1.82, 2.24) is 0 Å². The fourth-order valence-corrected chi connectivity index (χ4v) is 5.26. The zero-order valence-corrected chi connectivity index (χ0v) is 16.9. The average Bonchev–Trinajstić information content (AvgIpc) is 3.06. The minimum atomic E-state index is -3.26. The van der Waals surface area contributed by atoms with Gasteiger partial charge in [-0.1, -0.05) is 17.7 Å².